The van der Waals surface area contributed by atoms with Crippen LogP contribution in [0, 0.1) is 18.3 Å². The third-order valence-corrected chi connectivity index (χ3v) is 8.06. The molecule has 2 aromatic rings. The molecule has 0 amide bonds. The van der Waals surface area contributed by atoms with E-state index in [0.717, 1.165) is 37.1 Å². The van der Waals surface area contributed by atoms with E-state index in [0.29, 0.717) is 12.0 Å². The van der Waals surface area contributed by atoms with Crippen LogP contribution in [-0.4, -0.2) is 54.7 Å². The maximum Gasteiger partial charge on any atom is 0.139 e. The molecule has 3 heterocycles. The molecule has 2 aliphatic heterocycles. The number of carbonyl (C=O) groups is 1. The number of benzene rings is 1. The van der Waals surface area contributed by atoms with Crippen molar-refractivity contribution >= 4 is 23.3 Å². The standard InChI is InChI=1S/C13H16N2S.C11H19NO.C6H11NO/c1-9(14-3)11-4-6-12(7-5-11)13-10(2)15-8-16-13;1-6-9(11(3,4)5)10-7-8(2)12-13-10;1-7-4-2-3-6(7)5-8/h4-9,14H,1-3H3;6,9-10H,1,7H2,2-5H3;5-6H,2-4H2,1H3. The summed E-state index contributed by atoms with van der Waals surface area (Å²) in [6, 6.07) is 9.31. The van der Waals surface area contributed by atoms with Gasteiger partial charge in [-0.1, -0.05) is 56.3 Å². The molecule has 1 N–H and O–H groups in total. The van der Waals surface area contributed by atoms with Crippen LogP contribution < -0.4 is 5.32 Å². The molecule has 1 fully saturated rings. The van der Waals surface area contributed by atoms with Gasteiger partial charge in [0.1, 0.15) is 12.4 Å². The van der Waals surface area contributed by atoms with E-state index in [9.17, 15) is 4.79 Å². The van der Waals surface area contributed by atoms with Gasteiger partial charge in [0.15, 0.2) is 0 Å². The van der Waals surface area contributed by atoms with Crippen LogP contribution in [0.2, 0.25) is 0 Å². The van der Waals surface area contributed by atoms with E-state index in [2.05, 4.69) is 85.8 Å². The Morgan fingerprint density at radius 1 is 1.24 bits per heavy atom. The minimum Gasteiger partial charge on any atom is -0.392 e. The van der Waals surface area contributed by atoms with Crippen molar-refractivity contribution in [3.63, 3.8) is 0 Å². The fourth-order valence-corrected chi connectivity index (χ4v) is 5.37. The average Bonchev–Trinajstić information content (AvgIpc) is 3.60. The quantitative estimate of drug-likeness (QED) is 0.336. The molecule has 0 aliphatic carbocycles. The Kier molecular flexibility index (Phi) is 12.1. The number of aryl methyl sites for hydroxylation is 1. The van der Waals surface area contributed by atoms with Gasteiger partial charge in [-0.15, -0.1) is 17.9 Å². The molecule has 37 heavy (non-hydrogen) atoms. The first-order valence-electron chi connectivity index (χ1n) is 13.2. The van der Waals surface area contributed by atoms with E-state index in [1.165, 1.54) is 22.4 Å². The van der Waals surface area contributed by atoms with E-state index in [-0.39, 0.29) is 17.6 Å². The maximum absolute atomic E-state index is 10.2. The van der Waals surface area contributed by atoms with Crippen LogP contribution in [0.3, 0.4) is 0 Å². The highest BCUT2D eigenvalue weighted by molar-refractivity contribution is 7.13. The van der Waals surface area contributed by atoms with Gasteiger partial charge in [-0.2, -0.15) is 0 Å². The van der Waals surface area contributed by atoms with Gasteiger partial charge in [-0.3, -0.25) is 4.90 Å². The molecular formula is C30H46N4O2S. The number of carbonyl (C=O) groups excluding carboxylic acids is 1. The minimum absolute atomic E-state index is 0.192. The zero-order valence-corrected chi connectivity index (χ0v) is 24.8. The largest absolute Gasteiger partial charge is 0.392 e. The summed E-state index contributed by atoms with van der Waals surface area (Å²) >= 11 is 1.70. The number of rotatable bonds is 6. The summed E-state index contributed by atoms with van der Waals surface area (Å²) in [6.07, 6.45) is 6.39. The highest BCUT2D eigenvalue weighted by Gasteiger charge is 2.34. The highest BCUT2D eigenvalue weighted by atomic mass is 32.1. The lowest BCUT2D eigenvalue weighted by molar-refractivity contribution is -0.111. The summed E-state index contributed by atoms with van der Waals surface area (Å²) < 4.78 is 0. The molecule has 7 heteroatoms. The van der Waals surface area contributed by atoms with Gasteiger partial charge in [0.05, 0.1) is 27.8 Å². The van der Waals surface area contributed by atoms with Gasteiger partial charge in [0.25, 0.3) is 0 Å². The van der Waals surface area contributed by atoms with Crippen molar-refractivity contribution in [1.29, 1.82) is 0 Å². The molecule has 4 unspecified atom stereocenters. The number of aldehydes is 1. The van der Waals surface area contributed by atoms with Crippen molar-refractivity contribution < 1.29 is 9.63 Å². The molecule has 0 radical (unpaired) electrons. The van der Waals surface area contributed by atoms with E-state index >= 15 is 0 Å². The zero-order chi connectivity index (χ0) is 27.6. The predicted molar refractivity (Wildman–Crippen MR) is 157 cm³/mol. The molecule has 0 saturated carbocycles. The first-order chi connectivity index (χ1) is 17.5. The van der Waals surface area contributed by atoms with Crippen LogP contribution in [-0.2, 0) is 9.63 Å². The Bertz CT molecular complexity index is 1010. The number of nitrogens with one attached hydrogen (secondary N) is 1. The van der Waals surface area contributed by atoms with Crippen molar-refractivity contribution in [2.24, 2.45) is 16.5 Å². The molecule has 1 aromatic carbocycles. The molecule has 4 rings (SSSR count). The van der Waals surface area contributed by atoms with Gasteiger partial charge in [-0.05, 0) is 70.8 Å². The van der Waals surface area contributed by atoms with Gasteiger partial charge in [0.2, 0.25) is 0 Å². The molecule has 204 valence electrons. The number of aromatic nitrogens is 1. The number of likely N-dealkylation sites (N-methyl/N-ethyl adjacent to an activating group) is 1. The third kappa shape index (κ3) is 9.16. The Morgan fingerprint density at radius 3 is 2.30 bits per heavy atom. The topological polar surface area (TPSA) is 66.8 Å². The Balaban J connectivity index is 0.000000206. The summed E-state index contributed by atoms with van der Waals surface area (Å²) in [5.74, 6) is 0.369. The van der Waals surface area contributed by atoms with Crippen LogP contribution in [0.5, 0.6) is 0 Å². The van der Waals surface area contributed by atoms with Crippen molar-refractivity contribution in [1.82, 2.24) is 15.2 Å². The molecule has 4 atom stereocenters. The molecule has 0 bridgehead atoms. The van der Waals surface area contributed by atoms with Crippen LogP contribution in [0.25, 0.3) is 10.4 Å². The van der Waals surface area contributed by atoms with Crippen molar-refractivity contribution in [3.05, 3.63) is 53.7 Å². The Morgan fingerprint density at radius 2 is 1.92 bits per heavy atom. The number of thiazole rings is 1. The number of nitrogens with zero attached hydrogens (tertiary/aromatic N) is 3. The van der Waals surface area contributed by atoms with E-state index in [1.54, 1.807) is 11.3 Å². The lowest BCUT2D eigenvalue weighted by atomic mass is 9.76. The second kappa shape index (κ2) is 14.6. The molecule has 0 spiro atoms. The van der Waals surface area contributed by atoms with Crippen LogP contribution >= 0.6 is 11.3 Å². The van der Waals surface area contributed by atoms with Crippen LogP contribution in [0.1, 0.15) is 71.2 Å². The summed E-state index contributed by atoms with van der Waals surface area (Å²) in [5, 5.41) is 7.21. The van der Waals surface area contributed by atoms with Gasteiger partial charge >= 0.3 is 0 Å². The van der Waals surface area contributed by atoms with Crippen molar-refractivity contribution in [3.8, 4) is 10.4 Å². The number of likely N-dealkylation sites (tertiary alicyclic amines) is 1. The summed E-state index contributed by atoms with van der Waals surface area (Å²) in [6.45, 7) is 17.8. The van der Waals surface area contributed by atoms with E-state index in [4.69, 9.17) is 4.84 Å². The number of hydrogen-bond acceptors (Lipinski definition) is 7. The SMILES string of the molecule is C=CC(C1CC(C)=NO1)C(C)(C)C.CN1CCCC1C=O.CNC(C)c1ccc(-c2scnc2C)cc1. The second-order valence-corrected chi connectivity index (χ2v) is 11.9. The molecule has 6 nitrogen and oxygen atoms in total. The minimum atomic E-state index is 0.192. The van der Waals surface area contributed by atoms with Crippen molar-refractivity contribution in [2.45, 2.75) is 79.0 Å². The molecule has 2 aliphatic rings. The predicted octanol–water partition coefficient (Wildman–Crippen LogP) is 6.68. The van der Waals surface area contributed by atoms with E-state index < -0.39 is 0 Å². The molecular weight excluding hydrogens is 480 g/mol. The fourth-order valence-electron chi connectivity index (χ4n) is 4.56. The monoisotopic (exact) mass is 526 g/mol. The summed E-state index contributed by atoms with van der Waals surface area (Å²) in [7, 11) is 3.97. The average molecular weight is 527 g/mol. The van der Waals surface area contributed by atoms with Gasteiger partial charge in [-0.25, -0.2) is 4.98 Å². The third-order valence-electron chi connectivity index (χ3n) is 7.08. The fraction of sp³-hybridized carbons (Fsp3) is 0.567. The van der Waals surface area contributed by atoms with Crippen LogP contribution in [0.15, 0.2) is 47.6 Å². The Hall–Kier alpha value is -2.35. The highest BCUT2D eigenvalue weighted by Crippen LogP contribution is 2.34. The first kappa shape index (κ1) is 30.9. The molecule has 1 saturated heterocycles. The van der Waals surface area contributed by atoms with Crippen molar-refractivity contribution in [2.75, 3.05) is 20.6 Å². The maximum atomic E-state index is 10.2. The van der Waals surface area contributed by atoms with Crippen LogP contribution in [0.4, 0.5) is 0 Å². The van der Waals surface area contributed by atoms with Gasteiger partial charge < -0.3 is 14.9 Å². The summed E-state index contributed by atoms with van der Waals surface area (Å²) in [5.41, 5.74) is 6.86. The lowest BCUT2D eigenvalue weighted by Gasteiger charge is -2.31. The normalized spacial score (nSPS) is 20.9. The Labute approximate surface area is 228 Å². The number of oxime groups is 1. The summed E-state index contributed by atoms with van der Waals surface area (Å²) in [4.78, 5) is 23.2. The number of hydrogen-bond donors (Lipinski definition) is 1. The van der Waals surface area contributed by atoms with Gasteiger partial charge in [0, 0.05) is 18.4 Å². The first-order valence-corrected chi connectivity index (χ1v) is 14.0. The second-order valence-electron chi connectivity index (χ2n) is 11.0. The molecule has 1 aromatic heterocycles. The van der Waals surface area contributed by atoms with E-state index in [1.807, 2.05) is 32.6 Å². The zero-order valence-electron chi connectivity index (χ0n) is 24.0. The lowest BCUT2D eigenvalue weighted by Crippen LogP contribution is -2.30. The smallest absolute Gasteiger partial charge is 0.139 e.